The van der Waals surface area contributed by atoms with Gasteiger partial charge in [0.15, 0.2) is 17.1 Å². The second-order valence-corrected chi connectivity index (χ2v) is 12.2. The molecule has 240 valence electrons. The maximum atomic E-state index is 13.3. The van der Waals surface area contributed by atoms with Crippen molar-refractivity contribution in [2.75, 3.05) is 19.8 Å². The zero-order valence-corrected chi connectivity index (χ0v) is 28.6. The highest BCUT2D eigenvalue weighted by Crippen LogP contribution is 2.37. The highest BCUT2D eigenvalue weighted by Gasteiger charge is 2.20. The Morgan fingerprint density at radius 1 is 0.591 bits per heavy atom. The van der Waals surface area contributed by atoms with Gasteiger partial charge in [-0.3, -0.25) is 0 Å². The molecule has 0 atom stereocenters. The van der Waals surface area contributed by atoms with Crippen molar-refractivity contribution in [3.63, 3.8) is 0 Å². The number of benzene rings is 1. The number of hydrogen-bond acceptors (Lipinski definition) is 5. The standard InChI is InChI=1S/C39H54O5/c1-28(2)14-10-17-31(7)22-25-41-35-21-13-20-34-36(35)44-39(40)38(43-27-24-33(9)19-12-16-30(5)6)37(34)42-26-23-32(8)18-11-15-29(3)4/h13-16,20-24H,10-12,17-19,25-27H2,1-9H3. The van der Waals surface area contributed by atoms with Crippen molar-refractivity contribution >= 4 is 11.0 Å². The zero-order chi connectivity index (χ0) is 32.5. The van der Waals surface area contributed by atoms with Crippen LogP contribution in [-0.2, 0) is 0 Å². The molecule has 0 spiro atoms. The number of hydrogen-bond donors (Lipinski definition) is 0. The summed E-state index contributed by atoms with van der Waals surface area (Å²) in [7, 11) is 0. The Labute approximate surface area is 265 Å². The van der Waals surface area contributed by atoms with E-state index >= 15 is 0 Å². The van der Waals surface area contributed by atoms with Crippen molar-refractivity contribution in [3.8, 4) is 17.2 Å². The summed E-state index contributed by atoms with van der Waals surface area (Å²) in [5, 5.41) is 0.640. The predicted molar refractivity (Wildman–Crippen MR) is 186 cm³/mol. The summed E-state index contributed by atoms with van der Waals surface area (Å²) in [6.07, 6.45) is 18.6. The average molecular weight is 603 g/mol. The molecular formula is C39H54O5. The van der Waals surface area contributed by atoms with Crippen LogP contribution in [0.1, 0.15) is 101 Å². The third-order valence-corrected chi connectivity index (χ3v) is 7.07. The summed E-state index contributed by atoms with van der Waals surface area (Å²) in [6.45, 7) is 19.9. The molecule has 0 amide bonds. The van der Waals surface area contributed by atoms with E-state index in [1.807, 2.05) is 24.3 Å². The molecule has 0 aliphatic carbocycles. The first kappa shape index (κ1) is 36.5. The average Bonchev–Trinajstić information content (AvgIpc) is 2.94. The SMILES string of the molecule is CC(C)=CCCC(C)=CCOc1c(OCC=C(C)CCC=C(C)C)c2cccc(OCC=C(C)CCC=C(C)C)c2oc1=O. The minimum absolute atomic E-state index is 0.0774. The van der Waals surface area contributed by atoms with Gasteiger partial charge in [-0.05, 0) is 131 Å². The maximum absolute atomic E-state index is 13.3. The molecule has 0 saturated carbocycles. The molecule has 0 bridgehead atoms. The minimum atomic E-state index is -0.586. The Kier molecular flexibility index (Phi) is 16.2. The molecule has 0 saturated heterocycles. The Hall–Kier alpha value is -3.73. The molecule has 0 aliphatic heterocycles. The lowest BCUT2D eigenvalue weighted by Crippen LogP contribution is -2.11. The summed E-state index contributed by atoms with van der Waals surface area (Å²) < 4.78 is 24.2. The number of para-hydroxylation sites is 1. The van der Waals surface area contributed by atoms with Gasteiger partial charge in [0.1, 0.15) is 19.8 Å². The lowest BCUT2D eigenvalue weighted by atomic mass is 10.1. The van der Waals surface area contributed by atoms with E-state index in [2.05, 4.69) is 92.7 Å². The molecule has 0 fully saturated rings. The van der Waals surface area contributed by atoms with Crippen LogP contribution in [0.5, 0.6) is 17.2 Å². The van der Waals surface area contributed by atoms with Gasteiger partial charge in [-0.1, -0.05) is 57.7 Å². The first-order chi connectivity index (χ1) is 21.0. The minimum Gasteiger partial charge on any atom is -0.486 e. The Bertz CT molecular complexity index is 1450. The molecule has 0 unspecified atom stereocenters. The van der Waals surface area contributed by atoms with Crippen molar-refractivity contribution in [2.45, 2.75) is 101 Å². The number of ether oxygens (including phenoxy) is 3. The Balaban J connectivity index is 2.33. The largest absolute Gasteiger partial charge is 0.486 e. The highest BCUT2D eigenvalue weighted by molar-refractivity contribution is 5.89. The predicted octanol–water partition coefficient (Wildman–Crippen LogP) is 11.0. The van der Waals surface area contributed by atoms with E-state index in [-0.39, 0.29) is 12.4 Å². The smallest absolute Gasteiger partial charge is 0.383 e. The van der Waals surface area contributed by atoms with Crippen molar-refractivity contribution in [1.29, 1.82) is 0 Å². The van der Waals surface area contributed by atoms with Gasteiger partial charge in [-0.15, -0.1) is 0 Å². The molecule has 1 aromatic heterocycles. The topological polar surface area (TPSA) is 57.9 Å². The number of allylic oxidation sites excluding steroid dienone is 9. The molecular weight excluding hydrogens is 548 g/mol. The van der Waals surface area contributed by atoms with Crippen LogP contribution >= 0.6 is 0 Å². The summed E-state index contributed by atoms with van der Waals surface area (Å²) in [6, 6.07) is 5.57. The molecule has 2 rings (SSSR count). The van der Waals surface area contributed by atoms with Gasteiger partial charge in [-0.25, -0.2) is 4.79 Å². The fraction of sp³-hybridized carbons (Fsp3) is 0.462. The first-order valence-corrected chi connectivity index (χ1v) is 15.8. The monoisotopic (exact) mass is 602 g/mol. The molecule has 44 heavy (non-hydrogen) atoms. The number of fused-ring (bicyclic) bond motifs is 1. The lowest BCUT2D eigenvalue weighted by molar-refractivity contribution is 0.293. The maximum Gasteiger partial charge on any atom is 0.383 e. The van der Waals surface area contributed by atoms with Gasteiger partial charge in [0.25, 0.3) is 0 Å². The van der Waals surface area contributed by atoms with Crippen LogP contribution in [-0.4, -0.2) is 19.8 Å². The first-order valence-electron chi connectivity index (χ1n) is 15.8. The van der Waals surface area contributed by atoms with E-state index in [0.717, 1.165) is 38.5 Å². The van der Waals surface area contributed by atoms with Crippen LogP contribution < -0.4 is 19.8 Å². The molecule has 0 radical (unpaired) electrons. The molecule has 5 heteroatoms. The van der Waals surface area contributed by atoms with Crippen molar-refractivity contribution < 1.29 is 18.6 Å². The van der Waals surface area contributed by atoms with Crippen molar-refractivity contribution in [1.82, 2.24) is 0 Å². The van der Waals surface area contributed by atoms with Crippen LogP contribution in [0.25, 0.3) is 11.0 Å². The normalized spacial score (nSPS) is 12.2. The quantitative estimate of drug-likeness (QED) is 0.125. The van der Waals surface area contributed by atoms with Gasteiger partial charge in [0.2, 0.25) is 5.75 Å². The van der Waals surface area contributed by atoms with E-state index in [9.17, 15) is 4.79 Å². The third-order valence-electron chi connectivity index (χ3n) is 7.07. The van der Waals surface area contributed by atoms with Crippen molar-refractivity contribution in [3.05, 3.63) is 98.5 Å². The second-order valence-electron chi connectivity index (χ2n) is 12.2. The molecule has 1 heterocycles. The van der Waals surface area contributed by atoms with Crippen molar-refractivity contribution in [2.24, 2.45) is 0 Å². The molecule has 5 nitrogen and oxygen atoms in total. The molecule has 0 aliphatic rings. The van der Waals surface area contributed by atoms with E-state index in [1.54, 1.807) is 0 Å². The van der Waals surface area contributed by atoms with Crippen LogP contribution in [0.2, 0.25) is 0 Å². The summed E-state index contributed by atoms with van der Waals surface area (Å²) >= 11 is 0. The zero-order valence-electron chi connectivity index (χ0n) is 28.6. The highest BCUT2D eigenvalue weighted by atomic mass is 16.5. The van der Waals surface area contributed by atoms with E-state index in [0.29, 0.717) is 35.7 Å². The van der Waals surface area contributed by atoms with Gasteiger partial charge < -0.3 is 18.6 Å². The van der Waals surface area contributed by atoms with Gasteiger partial charge in [0.05, 0.1) is 5.39 Å². The van der Waals surface area contributed by atoms with Gasteiger partial charge in [0, 0.05) is 0 Å². The number of rotatable bonds is 18. The summed E-state index contributed by atoms with van der Waals surface area (Å²) in [5.74, 6) is 0.945. The lowest BCUT2D eigenvalue weighted by Gasteiger charge is -2.14. The molecule has 1 aromatic carbocycles. The van der Waals surface area contributed by atoms with Crippen LogP contribution in [0, 0.1) is 0 Å². The van der Waals surface area contributed by atoms with Crippen LogP contribution in [0.4, 0.5) is 0 Å². The fourth-order valence-electron chi connectivity index (χ4n) is 4.42. The Morgan fingerprint density at radius 3 is 1.48 bits per heavy atom. The van der Waals surface area contributed by atoms with E-state index in [4.69, 9.17) is 18.6 Å². The molecule has 0 N–H and O–H groups in total. The van der Waals surface area contributed by atoms with Gasteiger partial charge in [-0.2, -0.15) is 0 Å². The summed E-state index contributed by atoms with van der Waals surface area (Å²) in [4.78, 5) is 13.3. The van der Waals surface area contributed by atoms with Crippen LogP contribution in [0.3, 0.4) is 0 Å². The Morgan fingerprint density at radius 2 is 1.02 bits per heavy atom. The fourth-order valence-corrected chi connectivity index (χ4v) is 4.42. The third kappa shape index (κ3) is 13.7. The second kappa shape index (κ2) is 19.5. The van der Waals surface area contributed by atoms with Gasteiger partial charge >= 0.3 is 5.63 Å². The molecule has 2 aromatic rings. The van der Waals surface area contributed by atoms with Crippen LogP contribution in [0.15, 0.2) is 97.3 Å². The van der Waals surface area contributed by atoms with E-state index < -0.39 is 5.63 Å². The van der Waals surface area contributed by atoms with E-state index in [1.165, 1.54) is 33.4 Å². The summed E-state index contributed by atoms with van der Waals surface area (Å²) in [5.41, 5.74) is 7.38.